The summed E-state index contributed by atoms with van der Waals surface area (Å²) >= 11 is 1.41. The molecule has 0 radical (unpaired) electrons. The van der Waals surface area contributed by atoms with Crippen LogP contribution < -0.4 is 10.1 Å². The van der Waals surface area contributed by atoms with Gasteiger partial charge in [-0.2, -0.15) is 0 Å². The molecule has 0 aliphatic heterocycles. The summed E-state index contributed by atoms with van der Waals surface area (Å²) in [6, 6.07) is 9.96. The maximum Gasteiger partial charge on any atom is 0.230 e. The summed E-state index contributed by atoms with van der Waals surface area (Å²) in [6.07, 6.45) is 5.91. The van der Waals surface area contributed by atoms with Crippen LogP contribution >= 0.6 is 11.8 Å². The molecule has 25 heavy (non-hydrogen) atoms. The third kappa shape index (κ3) is 5.22. The van der Waals surface area contributed by atoms with E-state index in [4.69, 9.17) is 4.74 Å². The molecule has 6 nitrogen and oxygen atoms in total. The Labute approximate surface area is 152 Å². The first-order valence-corrected chi connectivity index (χ1v) is 9.69. The molecule has 1 aliphatic carbocycles. The molecule has 0 atom stereocenters. The van der Waals surface area contributed by atoms with Crippen LogP contribution in [0.3, 0.4) is 0 Å². The van der Waals surface area contributed by atoms with Crippen LogP contribution in [0.25, 0.3) is 0 Å². The zero-order chi connectivity index (χ0) is 17.5. The minimum atomic E-state index is 0.0713. The average Bonchev–Trinajstić information content (AvgIpc) is 3.00. The SMILES string of the molecule is Cn1c(COc2ccccc2)nnc1SCC(=O)NC1CCCCC1. The molecule has 0 saturated heterocycles. The predicted octanol–water partition coefficient (Wildman–Crippen LogP) is 2.94. The van der Waals surface area contributed by atoms with Gasteiger partial charge in [0, 0.05) is 13.1 Å². The maximum atomic E-state index is 12.1. The van der Waals surface area contributed by atoms with Gasteiger partial charge in [-0.15, -0.1) is 10.2 Å². The Morgan fingerprint density at radius 2 is 2.00 bits per heavy atom. The summed E-state index contributed by atoms with van der Waals surface area (Å²) < 4.78 is 7.58. The standard InChI is InChI=1S/C18H24N4O2S/c1-22-16(12-24-15-10-6-3-7-11-15)20-21-18(22)25-13-17(23)19-14-8-4-2-5-9-14/h3,6-7,10-11,14H,2,4-5,8-9,12-13H2,1H3,(H,19,23). The molecule has 7 heteroatoms. The number of amides is 1. The van der Waals surface area contributed by atoms with Crippen molar-refractivity contribution in [1.82, 2.24) is 20.1 Å². The van der Waals surface area contributed by atoms with Crippen molar-refractivity contribution in [2.75, 3.05) is 5.75 Å². The monoisotopic (exact) mass is 360 g/mol. The predicted molar refractivity (Wildman–Crippen MR) is 97.5 cm³/mol. The van der Waals surface area contributed by atoms with Gasteiger partial charge >= 0.3 is 0 Å². The van der Waals surface area contributed by atoms with E-state index in [1.54, 1.807) is 0 Å². The molecule has 0 unspecified atom stereocenters. The van der Waals surface area contributed by atoms with Gasteiger partial charge in [0.05, 0.1) is 5.75 Å². The Hall–Kier alpha value is -2.02. The smallest absolute Gasteiger partial charge is 0.230 e. The molecule has 1 heterocycles. The highest BCUT2D eigenvalue weighted by Gasteiger charge is 2.17. The van der Waals surface area contributed by atoms with E-state index in [-0.39, 0.29) is 5.91 Å². The number of nitrogens with zero attached hydrogens (tertiary/aromatic N) is 3. The third-order valence-corrected chi connectivity index (χ3v) is 5.36. The van der Waals surface area contributed by atoms with Crippen molar-refractivity contribution in [3.63, 3.8) is 0 Å². The zero-order valence-electron chi connectivity index (χ0n) is 14.5. The highest BCUT2D eigenvalue weighted by Crippen LogP contribution is 2.19. The van der Waals surface area contributed by atoms with Gasteiger partial charge in [0.15, 0.2) is 11.0 Å². The fraction of sp³-hybridized carbons (Fsp3) is 0.500. The first-order chi connectivity index (χ1) is 12.2. The molecule has 1 amide bonds. The molecular formula is C18H24N4O2S. The zero-order valence-corrected chi connectivity index (χ0v) is 15.3. The number of carbonyl (C=O) groups is 1. The minimum absolute atomic E-state index is 0.0713. The quantitative estimate of drug-likeness (QED) is 0.769. The van der Waals surface area contributed by atoms with Crippen molar-refractivity contribution in [1.29, 1.82) is 0 Å². The number of hydrogen-bond donors (Lipinski definition) is 1. The van der Waals surface area contributed by atoms with Crippen molar-refractivity contribution in [2.24, 2.45) is 7.05 Å². The first-order valence-electron chi connectivity index (χ1n) is 8.70. The van der Waals surface area contributed by atoms with Crippen LogP contribution in [0.1, 0.15) is 37.9 Å². The van der Waals surface area contributed by atoms with Gasteiger partial charge in [0.25, 0.3) is 0 Å². The number of aromatic nitrogens is 3. The summed E-state index contributed by atoms with van der Waals surface area (Å²) in [6.45, 7) is 0.350. The molecule has 134 valence electrons. The average molecular weight is 360 g/mol. The summed E-state index contributed by atoms with van der Waals surface area (Å²) in [5, 5.41) is 12.2. The lowest BCUT2D eigenvalue weighted by Crippen LogP contribution is -2.37. The van der Waals surface area contributed by atoms with Gasteiger partial charge in [-0.05, 0) is 25.0 Å². The van der Waals surface area contributed by atoms with Gasteiger partial charge in [0.1, 0.15) is 12.4 Å². The molecule has 3 rings (SSSR count). The first kappa shape index (κ1) is 17.8. The number of rotatable bonds is 7. The minimum Gasteiger partial charge on any atom is -0.486 e. The third-order valence-electron chi connectivity index (χ3n) is 4.34. The molecule has 2 aromatic rings. The molecule has 1 aromatic carbocycles. The molecule has 1 saturated carbocycles. The van der Waals surface area contributed by atoms with Crippen molar-refractivity contribution < 1.29 is 9.53 Å². The molecular weight excluding hydrogens is 336 g/mol. The summed E-state index contributed by atoms with van der Waals surface area (Å²) in [5.41, 5.74) is 0. The van der Waals surface area contributed by atoms with E-state index in [1.165, 1.54) is 31.0 Å². The van der Waals surface area contributed by atoms with E-state index in [9.17, 15) is 4.79 Å². The fourth-order valence-electron chi connectivity index (χ4n) is 2.91. The van der Waals surface area contributed by atoms with Gasteiger partial charge in [-0.25, -0.2) is 0 Å². The second kappa shape index (κ2) is 8.89. The second-order valence-corrected chi connectivity index (χ2v) is 7.19. The molecule has 0 spiro atoms. The number of ether oxygens (including phenoxy) is 1. The van der Waals surface area contributed by atoms with Gasteiger partial charge in [-0.3, -0.25) is 4.79 Å². The molecule has 0 bridgehead atoms. The van der Waals surface area contributed by atoms with Crippen molar-refractivity contribution in [3.05, 3.63) is 36.2 Å². The van der Waals surface area contributed by atoms with Crippen molar-refractivity contribution >= 4 is 17.7 Å². The lowest BCUT2D eigenvalue weighted by molar-refractivity contribution is -0.119. The normalized spacial score (nSPS) is 15.1. The largest absolute Gasteiger partial charge is 0.486 e. The molecule has 1 N–H and O–H groups in total. The van der Waals surface area contributed by atoms with Gasteiger partial charge < -0.3 is 14.6 Å². The summed E-state index contributed by atoms with van der Waals surface area (Å²) in [4.78, 5) is 12.1. The number of benzene rings is 1. The molecule has 1 fully saturated rings. The number of para-hydroxylation sites is 1. The summed E-state index contributed by atoms with van der Waals surface area (Å²) in [5.74, 6) is 1.97. The van der Waals surface area contributed by atoms with Crippen LogP contribution in [-0.4, -0.2) is 32.5 Å². The van der Waals surface area contributed by atoms with Crippen molar-refractivity contribution in [3.8, 4) is 5.75 Å². The van der Waals surface area contributed by atoms with Gasteiger partial charge in [0.2, 0.25) is 5.91 Å². The van der Waals surface area contributed by atoms with Crippen LogP contribution in [0.15, 0.2) is 35.5 Å². The lowest BCUT2D eigenvalue weighted by atomic mass is 9.95. The van der Waals surface area contributed by atoms with Crippen LogP contribution in [-0.2, 0) is 18.4 Å². The Balaban J connectivity index is 1.46. The Bertz CT molecular complexity index is 684. The van der Waals surface area contributed by atoms with E-state index in [2.05, 4.69) is 15.5 Å². The van der Waals surface area contributed by atoms with Crippen molar-refractivity contribution in [2.45, 2.75) is 49.9 Å². The second-order valence-electron chi connectivity index (χ2n) is 6.25. The molecule has 1 aromatic heterocycles. The molecule has 1 aliphatic rings. The number of nitrogens with one attached hydrogen (secondary N) is 1. The fourth-order valence-corrected chi connectivity index (χ4v) is 3.65. The lowest BCUT2D eigenvalue weighted by Gasteiger charge is -2.22. The Morgan fingerprint density at radius 1 is 1.24 bits per heavy atom. The van der Waals surface area contributed by atoms with E-state index in [0.717, 1.165) is 29.6 Å². The highest BCUT2D eigenvalue weighted by molar-refractivity contribution is 7.99. The van der Waals surface area contributed by atoms with Crippen LogP contribution in [0, 0.1) is 0 Å². The van der Waals surface area contributed by atoms with E-state index < -0.39 is 0 Å². The van der Waals surface area contributed by atoms with E-state index in [0.29, 0.717) is 18.4 Å². The number of thioether (sulfide) groups is 1. The van der Waals surface area contributed by atoms with Crippen LogP contribution in [0.4, 0.5) is 0 Å². The Kier molecular flexibility index (Phi) is 6.33. The number of hydrogen-bond acceptors (Lipinski definition) is 5. The van der Waals surface area contributed by atoms with Crippen LogP contribution in [0.5, 0.6) is 5.75 Å². The Morgan fingerprint density at radius 3 is 2.76 bits per heavy atom. The highest BCUT2D eigenvalue weighted by atomic mass is 32.2. The number of carbonyl (C=O) groups excluding carboxylic acids is 1. The van der Waals surface area contributed by atoms with Gasteiger partial charge in [-0.1, -0.05) is 49.2 Å². The van der Waals surface area contributed by atoms with E-state index in [1.807, 2.05) is 41.9 Å². The summed E-state index contributed by atoms with van der Waals surface area (Å²) in [7, 11) is 1.89. The van der Waals surface area contributed by atoms with E-state index >= 15 is 0 Å². The topological polar surface area (TPSA) is 69.0 Å². The van der Waals surface area contributed by atoms with Crippen LogP contribution in [0.2, 0.25) is 0 Å². The maximum absolute atomic E-state index is 12.1.